The van der Waals surface area contributed by atoms with Gasteiger partial charge in [-0.2, -0.15) is 5.10 Å². The number of aliphatic hydroxyl groups is 1. The second-order valence-corrected chi connectivity index (χ2v) is 4.61. The molecule has 1 heterocycles. The maximum absolute atomic E-state index is 10.0. The van der Waals surface area contributed by atoms with Crippen LogP contribution in [0.2, 0.25) is 0 Å². The van der Waals surface area contributed by atoms with Gasteiger partial charge >= 0.3 is 0 Å². The highest BCUT2D eigenvalue weighted by molar-refractivity contribution is 5.04. The van der Waals surface area contributed by atoms with Gasteiger partial charge in [-0.1, -0.05) is 0 Å². The summed E-state index contributed by atoms with van der Waals surface area (Å²) in [5.41, 5.74) is 0.672. The Morgan fingerprint density at radius 2 is 2.25 bits per heavy atom. The number of rotatable bonds is 6. The molecule has 0 spiro atoms. The molecule has 0 aliphatic rings. The van der Waals surface area contributed by atoms with Crippen molar-refractivity contribution < 1.29 is 9.84 Å². The third-order valence-corrected chi connectivity index (χ3v) is 2.78. The Balaban J connectivity index is 2.43. The summed E-state index contributed by atoms with van der Waals surface area (Å²) >= 11 is 0. The molecule has 0 radical (unpaired) electrons. The lowest BCUT2D eigenvalue weighted by Gasteiger charge is -2.30. The lowest BCUT2D eigenvalue weighted by Crippen LogP contribution is -2.39. The van der Waals surface area contributed by atoms with E-state index < -0.39 is 11.7 Å². The van der Waals surface area contributed by atoms with Gasteiger partial charge in [-0.05, 0) is 39.2 Å². The molecule has 1 rings (SSSR count). The zero-order chi connectivity index (χ0) is 12.2. The molecule has 0 aliphatic heterocycles. The molecule has 0 aliphatic carbocycles. The topological polar surface area (TPSA) is 47.3 Å². The van der Waals surface area contributed by atoms with Crippen LogP contribution in [0.3, 0.4) is 0 Å². The zero-order valence-corrected chi connectivity index (χ0v) is 10.6. The third-order valence-electron chi connectivity index (χ3n) is 2.78. The zero-order valence-electron chi connectivity index (χ0n) is 10.6. The van der Waals surface area contributed by atoms with Crippen LogP contribution in [0.15, 0.2) is 12.4 Å². The first-order chi connectivity index (χ1) is 7.45. The number of hydrogen-bond acceptors (Lipinski definition) is 3. The van der Waals surface area contributed by atoms with Crippen LogP contribution in [0, 0.1) is 0 Å². The number of aryl methyl sites for hydroxylation is 2. The number of aromatic nitrogens is 2. The van der Waals surface area contributed by atoms with Crippen molar-refractivity contribution in [2.24, 2.45) is 7.05 Å². The van der Waals surface area contributed by atoms with Crippen molar-refractivity contribution in [2.75, 3.05) is 6.61 Å². The van der Waals surface area contributed by atoms with Gasteiger partial charge in [0, 0.05) is 19.9 Å². The molecule has 16 heavy (non-hydrogen) atoms. The molecule has 4 heteroatoms. The Bertz CT molecular complexity index is 321. The lowest BCUT2D eigenvalue weighted by atomic mass is 9.96. The van der Waals surface area contributed by atoms with E-state index in [1.54, 1.807) is 4.68 Å². The summed E-state index contributed by atoms with van der Waals surface area (Å²) in [5, 5.41) is 14.1. The molecule has 1 aromatic rings. The lowest BCUT2D eigenvalue weighted by molar-refractivity contribution is -0.0984. The summed E-state index contributed by atoms with van der Waals surface area (Å²) in [6, 6.07) is 0. The molecular formula is C12H22N2O2. The largest absolute Gasteiger partial charge is 0.390 e. The predicted molar refractivity (Wildman–Crippen MR) is 63.2 cm³/mol. The van der Waals surface area contributed by atoms with Gasteiger partial charge in [0.1, 0.15) is 0 Å². The second-order valence-electron chi connectivity index (χ2n) is 4.61. The Hall–Kier alpha value is -0.870. The van der Waals surface area contributed by atoms with Crippen LogP contribution in [0.1, 0.15) is 32.8 Å². The molecule has 0 aromatic carbocycles. The quantitative estimate of drug-likeness (QED) is 0.800. The molecule has 0 saturated carbocycles. The number of nitrogens with zero attached hydrogens (tertiary/aromatic N) is 2. The van der Waals surface area contributed by atoms with E-state index in [1.807, 2.05) is 40.2 Å². The van der Waals surface area contributed by atoms with Gasteiger partial charge in [0.05, 0.1) is 17.9 Å². The van der Waals surface area contributed by atoms with Gasteiger partial charge in [-0.3, -0.25) is 4.68 Å². The highest BCUT2D eigenvalue weighted by Crippen LogP contribution is 2.19. The fourth-order valence-corrected chi connectivity index (χ4v) is 1.72. The van der Waals surface area contributed by atoms with Gasteiger partial charge < -0.3 is 9.84 Å². The first kappa shape index (κ1) is 13.2. The van der Waals surface area contributed by atoms with Crippen LogP contribution in [-0.4, -0.2) is 33.2 Å². The standard InChI is InChI=1S/C12H22N2O2/c1-5-16-12(2,3)11(15)7-6-10-8-13-14(4)9-10/h8-9,11,15H,5-7H2,1-4H3. The van der Waals surface area contributed by atoms with Crippen molar-refractivity contribution in [2.45, 2.75) is 45.3 Å². The summed E-state index contributed by atoms with van der Waals surface area (Å²) < 4.78 is 7.29. The van der Waals surface area contributed by atoms with E-state index in [2.05, 4.69) is 5.10 Å². The molecular weight excluding hydrogens is 204 g/mol. The average Bonchev–Trinajstić information content (AvgIpc) is 2.60. The van der Waals surface area contributed by atoms with E-state index in [0.717, 1.165) is 12.0 Å². The van der Waals surface area contributed by atoms with Crippen molar-refractivity contribution in [3.8, 4) is 0 Å². The second kappa shape index (κ2) is 5.46. The highest BCUT2D eigenvalue weighted by Gasteiger charge is 2.27. The summed E-state index contributed by atoms with van der Waals surface area (Å²) in [6.07, 6.45) is 4.87. The highest BCUT2D eigenvalue weighted by atomic mass is 16.5. The molecule has 4 nitrogen and oxygen atoms in total. The van der Waals surface area contributed by atoms with E-state index in [4.69, 9.17) is 4.74 Å². The summed E-state index contributed by atoms with van der Waals surface area (Å²) in [4.78, 5) is 0. The summed E-state index contributed by atoms with van der Waals surface area (Å²) in [6.45, 7) is 6.40. The van der Waals surface area contributed by atoms with Crippen LogP contribution in [0.4, 0.5) is 0 Å². The Kier molecular flexibility index (Phi) is 4.50. The maximum Gasteiger partial charge on any atom is 0.0884 e. The molecule has 92 valence electrons. The average molecular weight is 226 g/mol. The molecule has 0 amide bonds. The van der Waals surface area contributed by atoms with Crippen molar-refractivity contribution in [3.63, 3.8) is 0 Å². The van der Waals surface area contributed by atoms with E-state index in [9.17, 15) is 5.11 Å². The molecule has 1 atom stereocenters. The van der Waals surface area contributed by atoms with E-state index in [1.165, 1.54) is 0 Å². The third kappa shape index (κ3) is 3.61. The first-order valence-corrected chi connectivity index (χ1v) is 5.75. The maximum atomic E-state index is 10.0. The fourth-order valence-electron chi connectivity index (χ4n) is 1.72. The van der Waals surface area contributed by atoms with E-state index in [-0.39, 0.29) is 0 Å². The number of ether oxygens (including phenoxy) is 1. The van der Waals surface area contributed by atoms with Crippen LogP contribution in [0.25, 0.3) is 0 Å². The van der Waals surface area contributed by atoms with Gasteiger partial charge in [-0.15, -0.1) is 0 Å². The van der Waals surface area contributed by atoms with Crippen LogP contribution in [0.5, 0.6) is 0 Å². The predicted octanol–water partition coefficient (Wildman–Crippen LogP) is 1.53. The normalized spacial score (nSPS) is 14.1. The number of hydrogen-bond donors (Lipinski definition) is 1. The van der Waals surface area contributed by atoms with Crippen LogP contribution in [-0.2, 0) is 18.2 Å². The Labute approximate surface area is 97.2 Å². The summed E-state index contributed by atoms with van der Waals surface area (Å²) in [7, 11) is 1.89. The minimum absolute atomic E-state index is 0.451. The van der Waals surface area contributed by atoms with Crippen molar-refractivity contribution in [3.05, 3.63) is 18.0 Å². The molecule has 1 aromatic heterocycles. The van der Waals surface area contributed by atoms with Crippen molar-refractivity contribution in [1.82, 2.24) is 9.78 Å². The number of aliphatic hydroxyl groups excluding tert-OH is 1. The smallest absolute Gasteiger partial charge is 0.0884 e. The van der Waals surface area contributed by atoms with Crippen LogP contribution < -0.4 is 0 Å². The van der Waals surface area contributed by atoms with Gasteiger partial charge in [-0.25, -0.2) is 0 Å². The molecule has 0 saturated heterocycles. The van der Waals surface area contributed by atoms with Gasteiger partial charge in [0.25, 0.3) is 0 Å². The van der Waals surface area contributed by atoms with Crippen molar-refractivity contribution in [1.29, 1.82) is 0 Å². The first-order valence-electron chi connectivity index (χ1n) is 5.75. The molecule has 1 unspecified atom stereocenters. The molecule has 0 fully saturated rings. The fraction of sp³-hybridized carbons (Fsp3) is 0.750. The summed E-state index contributed by atoms with van der Waals surface area (Å²) in [5.74, 6) is 0. The van der Waals surface area contributed by atoms with Gasteiger partial charge in [0.2, 0.25) is 0 Å². The molecule has 1 N–H and O–H groups in total. The minimum Gasteiger partial charge on any atom is -0.390 e. The van der Waals surface area contributed by atoms with Gasteiger partial charge in [0.15, 0.2) is 0 Å². The van der Waals surface area contributed by atoms with Crippen LogP contribution >= 0.6 is 0 Å². The Morgan fingerprint density at radius 3 is 2.75 bits per heavy atom. The monoisotopic (exact) mass is 226 g/mol. The minimum atomic E-state index is -0.475. The SMILES string of the molecule is CCOC(C)(C)C(O)CCc1cnn(C)c1. The Morgan fingerprint density at radius 1 is 1.56 bits per heavy atom. The van der Waals surface area contributed by atoms with Crippen molar-refractivity contribution >= 4 is 0 Å². The van der Waals surface area contributed by atoms with E-state index in [0.29, 0.717) is 13.0 Å². The van der Waals surface area contributed by atoms with E-state index >= 15 is 0 Å². The molecule has 0 bridgehead atoms.